The number of carbonyl (C=O) groups is 1. The molecule has 0 aliphatic rings. The van der Waals surface area contributed by atoms with Crippen LogP contribution in [0.3, 0.4) is 0 Å². The van der Waals surface area contributed by atoms with Crippen molar-refractivity contribution in [2.75, 3.05) is 26.7 Å². The number of guanidine groups is 1. The van der Waals surface area contributed by atoms with Crippen molar-refractivity contribution in [3.8, 4) is 5.75 Å². The molecule has 0 saturated carbocycles. The Bertz CT molecular complexity index is 740. The van der Waals surface area contributed by atoms with Gasteiger partial charge in [-0.05, 0) is 31.2 Å². The molecule has 0 unspecified atom stereocenters. The Balaban J connectivity index is 1.87. The molecule has 9 nitrogen and oxygen atoms in total. The first kappa shape index (κ1) is 19.2. The van der Waals surface area contributed by atoms with E-state index in [4.69, 9.17) is 0 Å². The normalized spacial score (nSPS) is 11.3. The van der Waals surface area contributed by atoms with Crippen LogP contribution < -0.4 is 10.6 Å². The first-order chi connectivity index (χ1) is 12.5. The molecule has 0 bridgehead atoms. The molecule has 9 heteroatoms. The van der Waals surface area contributed by atoms with Crippen molar-refractivity contribution < 1.29 is 9.90 Å². The number of hydrogen-bond acceptors (Lipinski definition) is 5. The number of hydrogen-bond donors (Lipinski definition) is 3. The Kier molecular flexibility index (Phi) is 6.95. The van der Waals surface area contributed by atoms with Crippen LogP contribution in [-0.2, 0) is 13.6 Å². The van der Waals surface area contributed by atoms with Gasteiger partial charge in [0.15, 0.2) is 5.96 Å². The van der Waals surface area contributed by atoms with Gasteiger partial charge in [0, 0.05) is 32.7 Å². The number of benzene rings is 1. The maximum absolute atomic E-state index is 12.0. The molecule has 26 heavy (non-hydrogen) atoms. The van der Waals surface area contributed by atoms with Gasteiger partial charge < -0.3 is 20.6 Å². The van der Waals surface area contributed by atoms with Crippen LogP contribution in [0.25, 0.3) is 0 Å². The molecule has 0 saturated heterocycles. The lowest BCUT2D eigenvalue weighted by Crippen LogP contribution is -2.39. The lowest BCUT2D eigenvalue weighted by Gasteiger charge is -2.21. The van der Waals surface area contributed by atoms with Crippen LogP contribution in [0.15, 0.2) is 35.6 Å². The van der Waals surface area contributed by atoms with Gasteiger partial charge in [-0.25, -0.2) is 4.98 Å². The standard InChI is InChI=1S/C17H25N7O2/c1-4-18-17(23(2)11-15-21-12-22-24(15)3)20-10-9-19-16(26)13-5-7-14(25)8-6-13/h5-8,12,25H,4,9-11H2,1-3H3,(H,18,20)(H,19,26). The van der Waals surface area contributed by atoms with Crippen LogP contribution in [0.1, 0.15) is 23.1 Å². The fraction of sp³-hybridized carbons (Fsp3) is 0.412. The maximum Gasteiger partial charge on any atom is 0.251 e. The van der Waals surface area contributed by atoms with Gasteiger partial charge in [0.1, 0.15) is 17.9 Å². The number of phenols is 1. The molecule has 3 N–H and O–H groups in total. The zero-order valence-electron chi connectivity index (χ0n) is 15.3. The van der Waals surface area contributed by atoms with E-state index in [1.54, 1.807) is 16.8 Å². The van der Waals surface area contributed by atoms with E-state index in [1.807, 2.05) is 25.9 Å². The number of aliphatic imine (C=N–C) groups is 1. The van der Waals surface area contributed by atoms with Gasteiger partial charge in [0.05, 0.1) is 13.1 Å². The molecule has 1 aromatic carbocycles. The first-order valence-corrected chi connectivity index (χ1v) is 8.40. The molecule has 1 heterocycles. The topological polar surface area (TPSA) is 108 Å². The number of carbonyl (C=O) groups excluding carboxylic acids is 1. The third kappa shape index (κ3) is 5.47. The predicted octanol–water partition coefficient (Wildman–Crippen LogP) is 0.348. The number of aryl methyl sites for hydroxylation is 1. The zero-order chi connectivity index (χ0) is 18.9. The summed E-state index contributed by atoms with van der Waals surface area (Å²) in [7, 11) is 3.77. The van der Waals surface area contributed by atoms with Gasteiger partial charge in [-0.2, -0.15) is 5.10 Å². The molecule has 0 spiro atoms. The molecule has 0 radical (unpaired) electrons. The third-order valence-corrected chi connectivity index (χ3v) is 3.67. The van der Waals surface area contributed by atoms with E-state index in [0.717, 1.165) is 18.3 Å². The summed E-state index contributed by atoms with van der Waals surface area (Å²) in [6.07, 6.45) is 1.52. The number of aromatic hydroxyl groups is 1. The van der Waals surface area contributed by atoms with Crippen LogP contribution in [0, 0.1) is 0 Å². The largest absolute Gasteiger partial charge is 0.508 e. The molecule has 0 aliphatic heterocycles. The average molecular weight is 359 g/mol. The van der Waals surface area contributed by atoms with Crippen LogP contribution >= 0.6 is 0 Å². The summed E-state index contributed by atoms with van der Waals surface area (Å²) in [5, 5.41) is 19.3. The second-order valence-electron chi connectivity index (χ2n) is 5.69. The van der Waals surface area contributed by atoms with Gasteiger partial charge in [0.25, 0.3) is 5.91 Å². The van der Waals surface area contributed by atoms with E-state index in [0.29, 0.717) is 25.2 Å². The summed E-state index contributed by atoms with van der Waals surface area (Å²) in [5.74, 6) is 1.50. The molecule has 0 aliphatic carbocycles. The Morgan fingerprint density at radius 1 is 1.31 bits per heavy atom. The van der Waals surface area contributed by atoms with Gasteiger partial charge in [-0.15, -0.1) is 0 Å². The highest BCUT2D eigenvalue weighted by atomic mass is 16.3. The van der Waals surface area contributed by atoms with Gasteiger partial charge in [0.2, 0.25) is 0 Å². The summed E-state index contributed by atoms with van der Waals surface area (Å²) in [5.41, 5.74) is 0.498. The molecule has 0 atom stereocenters. The maximum atomic E-state index is 12.0. The van der Waals surface area contributed by atoms with Crippen molar-refractivity contribution in [3.05, 3.63) is 42.0 Å². The Hall–Kier alpha value is -3.10. The molecule has 1 amide bonds. The van der Waals surface area contributed by atoms with Gasteiger partial charge in [-0.3, -0.25) is 14.5 Å². The van der Waals surface area contributed by atoms with Crippen molar-refractivity contribution in [3.63, 3.8) is 0 Å². The van der Waals surface area contributed by atoms with Crippen LogP contribution in [-0.4, -0.2) is 63.3 Å². The quantitative estimate of drug-likeness (QED) is 0.374. The van der Waals surface area contributed by atoms with Crippen molar-refractivity contribution >= 4 is 11.9 Å². The number of nitrogens with zero attached hydrogens (tertiary/aromatic N) is 5. The smallest absolute Gasteiger partial charge is 0.251 e. The zero-order valence-corrected chi connectivity index (χ0v) is 15.3. The van der Waals surface area contributed by atoms with Crippen molar-refractivity contribution in [1.29, 1.82) is 0 Å². The predicted molar refractivity (Wildman–Crippen MR) is 98.9 cm³/mol. The Morgan fingerprint density at radius 2 is 2.04 bits per heavy atom. The highest BCUT2D eigenvalue weighted by Crippen LogP contribution is 2.09. The van der Waals surface area contributed by atoms with Gasteiger partial charge >= 0.3 is 0 Å². The second kappa shape index (κ2) is 9.40. The van der Waals surface area contributed by atoms with Crippen LogP contribution in [0.5, 0.6) is 5.75 Å². The molecule has 0 fully saturated rings. The average Bonchev–Trinajstić information content (AvgIpc) is 3.02. The van der Waals surface area contributed by atoms with Crippen LogP contribution in [0.4, 0.5) is 0 Å². The van der Waals surface area contributed by atoms with Gasteiger partial charge in [-0.1, -0.05) is 0 Å². The SMILES string of the molecule is CCNC(=NCCNC(=O)c1ccc(O)cc1)N(C)Cc1ncnn1C. The Morgan fingerprint density at radius 3 is 2.65 bits per heavy atom. The van der Waals surface area contributed by atoms with Crippen molar-refractivity contribution in [1.82, 2.24) is 30.3 Å². The van der Waals surface area contributed by atoms with E-state index in [1.165, 1.54) is 18.5 Å². The molecular formula is C17H25N7O2. The Labute approximate surface area is 152 Å². The molecular weight excluding hydrogens is 334 g/mol. The summed E-state index contributed by atoms with van der Waals surface area (Å²) in [4.78, 5) is 22.7. The number of nitrogens with one attached hydrogen (secondary N) is 2. The van der Waals surface area contributed by atoms with E-state index in [2.05, 4.69) is 25.7 Å². The molecule has 2 aromatic rings. The fourth-order valence-electron chi connectivity index (χ4n) is 2.27. The monoisotopic (exact) mass is 359 g/mol. The van der Waals surface area contributed by atoms with E-state index < -0.39 is 0 Å². The number of phenolic OH excluding ortho intramolecular Hbond substituents is 1. The minimum atomic E-state index is -0.197. The number of rotatable bonds is 7. The lowest BCUT2D eigenvalue weighted by molar-refractivity contribution is 0.0955. The second-order valence-corrected chi connectivity index (χ2v) is 5.69. The highest BCUT2D eigenvalue weighted by Gasteiger charge is 2.10. The molecule has 140 valence electrons. The minimum absolute atomic E-state index is 0.132. The first-order valence-electron chi connectivity index (χ1n) is 8.40. The minimum Gasteiger partial charge on any atom is -0.508 e. The van der Waals surface area contributed by atoms with E-state index in [-0.39, 0.29) is 11.7 Å². The summed E-state index contributed by atoms with van der Waals surface area (Å²) >= 11 is 0. The summed E-state index contributed by atoms with van der Waals surface area (Å²) in [6.45, 7) is 4.16. The third-order valence-electron chi connectivity index (χ3n) is 3.67. The van der Waals surface area contributed by atoms with E-state index in [9.17, 15) is 9.90 Å². The van der Waals surface area contributed by atoms with E-state index >= 15 is 0 Å². The molecule has 2 rings (SSSR count). The highest BCUT2D eigenvalue weighted by molar-refractivity contribution is 5.94. The fourth-order valence-corrected chi connectivity index (χ4v) is 2.27. The van der Waals surface area contributed by atoms with Crippen molar-refractivity contribution in [2.45, 2.75) is 13.5 Å². The number of aromatic nitrogens is 3. The summed E-state index contributed by atoms with van der Waals surface area (Å²) in [6, 6.07) is 6.12. The van der Waals surface area contributed by atoms with Crippen molar-refractivity contribution in [2.24, 2.45) is 12.0 Å². The lowest BCUT2D eigenvalue weighted by atomic mass is 10.2. The molecule has 1 aromatic heterocycles. The van der Waals surface area contributed by atoms with Crippen LogP contribution in [0.2, 0.25) is 0 Å². The summed E-state index contributed by atoms with van der Waals surface area (Å²) < 4.78 is 1.72. The number of amides is 1.